The molecule has 30 heavy (non-hydrogen) atoms. The van der Waals surface area contributed by atoms with E-state index in [1.807, 2.05) is 25.1 Å². The number of rotatable bonds is 7. The molecular formula is C24H29BrN2O3. The van der Waals surface area contributed by atoms with Gasteiger partial charge < -0.3 is 15.0 Å². The van der Waals surface area contributed by atoms with E-state index in [0.717, 1.165) is 36.6 Å². The van der Waals surface area contributed by atoms with Gasteiger partial charge in [0, 0.05) is 17.6 Å². The fourth-order valence-electron chi connectivity index (χ4n) is 3.77. The van der Waals surface area contributed by atoms with E-state index in [4.69, 9.17) is 4.74 Å². The molecule has 1 fully saturated rings. The van der Waals surface area contributed by atoms with Crippen molar-refractivity contribution < 1.29 is 14.3 Å². The maximum atomic E-state index is 13.3. The average Bonchev–Trinajstić information content (AvgIpc) is 2.78. The van der Waals surface area contributed by atoms with Gasteiger partial charge in [-0.25, -0.2) is 0 Å². The number of nitrogens with zero attached hydrogens (tertiary/aromatic N) is 1. The second kappa shape index (κ2) is 10.6. The first-order valence-electron chi connectivity index (χ1n) is 10.6. The number of benzene rings is 2. The van der Waals surface area contributed by atoms with Gasteiger partial charge in [0.15, 0.2) is 0 Å². The number of para-hydroxylation sites is 1. The number of halogens is 1. The van der Waals surface area contributed by atoms with Gasteiger partial charge in [0.25, 0.3) is 11.8 Å². The van der Waals surface area contributed by atoms with Crippen LogP contribution in [-0.2, 0) is 0 Å². The highest BCUT2D eigenvalue weighted by molar-refractivity contribution is 9.10. The van der Waals surface area contributed by atoms with E-state index in [1.165, 1.54) is 11.3 Å². The van der Waals surface area contributed by atoms with Gasteiger partial charge in [-0.05, 0) is 49.6 Å². The Balaban J connectivity index is 1.85. The van der Waals surface area contributed by atoms with E-state index in [-0.39, 0.29) is 17.9 Å². The van der Waals surface area contributed by atoms with Crippen molar-refractivity contribution in [2.24, 2.45) is 0 Å². The molecule has 0 bridgehead atoms. The smallest absolute Gasteiger partial charge is 0.261 e. The molecule has 0 atom stereocenters. The zero-order valence-corrected chi connectivity index (χ0v) is 19.2. The lowest BCUT2D eigenvalue weighted by Gasteiger charge is -2.25. The normalized spacial score (nSPS) is 14.2. The van der Waals surface area contributed by atoms with E-state index in [0.29, 0.717) is 29.2 Å². The standard InChI is InChI=1S/C24H29BrN2O3/c1-3-15-30-22-14-13-17(25)16-20(22)24(29)27(2)21-12-8-7-11-19(21)23(28)26-18-9-5-4-6-10-18/h7-8,11-14,16,18H,3-6,9-10,15H2,1-2H3,(H,26,28). The van der Waals surface area contributed by atoms with E-state index in [2.05, 4.69) is 21.2 Å². The summed E-state index contributed by atoms with van der Waals surface area (Å²) < 4.78 is 6.58. The van der Waals surface area contributed by atoms with Crippen LogP contribution in [0.4, 0.5) is 5.69 Å². The van der Waals surface area contributed by atoms with Gasteiger partial charge in [-0.1, -0.05) is 54.2 Å². The highest BCUT2D eigenvalue weighted by atomic mass is 79.9. The van der Waals surface area contributed by atoms with Crippen LogP contribution in [0.15, 0.2) is 46.9 Å². The molecule has 2 aromatic carbocycles. The minimum absolute atomic E-state index is 0.131. The van der Waals surface area contributed by atoms with Crippen molar-refractivity contribution in [2.45, 2.75) is 51.5 Å². The molecule has 1 aliphatic rings. The summed E-state index contributed by atoms with van der Waals surface area (Å²) in [6.07, 6.45) is 6.40. The number of nitrogens with one attached hydrogen (secondary N) is 1. The minimum atomic E-state index is -0.222. The Morgan fingerprint density at radius 1 is 1.10 bits per heavy atom. The van der Waals surface area contributed by atoms with Crippen LogP contribution >= 0.6 is 15.9 Å². The lowest BCUT2D eigenvalue weighted by Crippen LogP contribution is -2.37. The molecule has 0 aromatic heterocycles. The summed E-state index contributed by atoms with van der Waals surface area (Å²) in [5, 5.41) is 3.15. The van der Waals surface area contributed by atoms with Crippen LogP contribution in [-0.4, -0.2) is 31.5 Å². The van der Waals surface area contributed by atoms with Crippen LogP contribution < -0.4 is 15.0 Å². The fourth-order valence-corrected chi connectivity index (χ4v) is 4.13. The lowest BCUT2D eigenvalue weighted by atomic mass is 9.95. The summed E-state index contributed by atoms with van der Waals surface area (Å²) in [4.78, 5) is 27.8. The Hall–Kier alpha value is -2.34. The number of hydrogen-bond acceptors (Lipinski definition) is 3. The number of carbonyl (C=O) groups excluding carboxylic acids is 2. The Kier molecular flexibility index (Phi) is 7.91. The van der Waals surface area contributed by atoms with E-state index >= 15 is 0 Å². The first-order chi connectivity index (χ1) is 14.5. The quantitative estimate of drug-likeness (QED) is 0.572. The van der Waals surface area contributed by atoms with Crippen LogP contribution in [0, 0.1) is 0 Å². The first-order valence-corrected chi connectivity index (χ1v) is 11.4. The second-order valence-corrected chi connectivity index (χ2v) is 8.59. The predicted molar refractivity (Wildman–Crippen MR) is 123 cm³/mol. The van der Waals surface area contributed by atoms with Gasteiger partial charge in [0.1, 0.15) is 5.75 Å². The van der Waals surface area contributed by atoms with Crippen LogP contribution in [0.5, 0.6) is 5.75 Å². The topological polar surface area (TPSA) is 58.6 Å². The van der Waals surface area contributed by atoms with Gasteiger partial charge >= 0.3 is 0 Å². The number of anilines is 1. The number of ether oxygens (including phenoxy) is 1. The average molecular weight is 473 g/mol. The molecule has 1 saturated carbocycles. The van der Waals surface area contributed by atoms with Gasteiger partial charge in [-0.3, -0.25) is 9.59 Å². The highest BCUT2D eigenvalue weighted by Crippen LogP contribution is 2.28. The molecule has 0 radical (unpaired) electrons. The summed E-state index contributed by atoms with van der Waals surface area (Å²) in [6, 6.07) is 12.9. The molecule has 0 unspecified atom stereocenters. The van der Waals surface area contributed by atoms with E-state index in [1.54, 1.807) is 31.3 Å². The largest absolute Gasteiger partial charge is 0.493 e. The second-order valence-electron chi connectivity index (χ2n) is 7.68. The monoisotopic (exact) mass is 472 g/mol. The zero-order valence-electron chi connectivity index (χ0n) is 17.6. The minimum Gasteiger partial charge on any atom is -0.493 e. The van der Waals surface area contributed by atoms with Crippen molar-refractivity contribution in [3.8, 4) is 5.75 Å². The molecule has 0 spiro atoms. The maximum Gasteiger partial charge on any atom is 0.261 e. The highest BCUT2D eigenvalue weighted by Gasteiger charge is 2.24. The number of carbonyl (C=O) groups is 2. The third-order valence-corrected chi connectivity index (χ3v) is 5.88. The first kappa shape index (κ1) is 22.3. The van der Waals surface area contributed by atoms with Crippen molar-refractivity contribution in [1.82, 2.24) is 5.32 Å². The van der Waals surface area contributed by atoms with Crippen molar-refractivity contribution in [2.75, 3.05) is 18.6 Å². The molecule has 6 heteroatoms. The number of hydrogen-bond donors (Lipinski definition) is 1. The molecule has 160 valence electrons. The van der Waals surface area contributed by atoms with Crippen molar-refractivity contribution in [3.63, 3.8) is 0 Å². The molecule has 3 rings (SSSR count). The predicted octanol–water partition coefficient (Wildman–Crippen LogP) is 5.58. The molecule has 2 amide bonds. The van der Waals surface area contributed by atoms with Gasteiger partial charge in [-0.15, -0.1) is 0 Å². The van der Waals surface area contributed by atoms with E-state index in [9.17, 15) is 9.59 Å². The van der Waals surface area contributed by atoms with Crippen molar-refractivity contribution in [1.29, 1.82) is 0 Å². The van der Waals surface area contributed by atoms with Crippen LogP contribution in [0.1, 0.15) is 66.2 Å². The molecule has 0 heterocycles. The van der Waals surface area contributed by atoms with Crippen molar-refractivity contribution in [3.05, 3.63) is 58.1 Å². The SMILES string of the molecule is CCCOc1ccc(Br)cc1C(=O)N(C)c1ccccc1C(=O)NC1CCCCC1. The Labute approximate surface area is 186 Å². The lowest BCUT2D eigenvalue weighted by molar-refractivity contribution is 0.0928. The summed E-state index contributed by atoms with van der Waals surface area (Å²) in [6.45, 7) is 2.56. The Morgan fingerprint density at radius 3 is 2.57 bits per heavy atom. The molecule has 0 saturated heterocycles. The molecule has 5 nitrogen and oxygen atoms in total. The third kappa shape index (κ3) is 5.42. The third-order valence-electron chi connectivity index (χ3n) is 5.39. The van der Waals surface area contributed by atoms with Crippen LogP contribution in [0.2, 0.25) is 0 Å². The van der Waals surface area contributed by atoms with Gasteiger partial charge in [-0.2, -0.15) is 0 Å². The molecular weight excluding hydrogens is 444 g/mol. The molecule has 1 aliphatic carbocycles. The van der Waals surface area contributed by atoms with Crippen molar-refractivity contribution >= 4 is 33.4 Å². The maximum absolute atomic E-state index is 13.3. The Morgan fingerprint density at radius 2 is 1.83 bits per heavy atom. The Bertz CT molecular complexity index is 894. The summed E-state index contributed by atoms with van der Waals surface area (Å²) in [5.74, 6) is 0.190. The van der Waals surface area contributed by atoms with Gasteiger partial charge in [0.05, 0.1) is 23.4 Å². The van der Waals surface area contributed by atoms with Gasteiger partial charge in [0.2, 0.25) is 0 Å². The summed E-state index contributed by atoms with van der Waals surface area (Å²) in [7, 11) is 1.69. The summed E-state index contributed by atoms with van der Waals surface area (Å²) >= 11 is 3.44. The van der Waals surface area contributed by atoms with E-state index < -0.39 is 0 Å². The molecule has 1 N–H and O–H groups in total. The summed E-state index contributed by atoms with van der Waals surface area (Å²) in [5.41, 5.74) is 1.55. The zero-order chi connectivity index (χ0) is 21.5. The molecule has 0 aliphatic heterocycles. The van der Waals surface area contributed by atoms with Crippen LogP contribution in [0.3, 0.4) is 0 Å². The fraction of sp³-hybridized carbons (Fsp3) is 0.417. The van der Waals surface area contributed by atoms with Crippen LogP contribution in [0.25, 0.3) is 0 Å². The number of amides is 2. The molecule has 2 aromatic rings.